The van der Waals surface area contributed by atoms with Crippen LogP contribution < -0.4 is 0 Å². The van der Waals surface area contributed by atoms with Crippen LogP contribution in [0.4, 0.5) is 0 Å². The van der Waals surface area contributed by atoms with E-state index < -0.39 is 33.5 Å². The van der Waals surface area contributed by atoms with Gasteiger partial charge in [-0.2, -0.15) is 0 Å². The Morgan fingerprint density at radius 1 is 1.00 bits per heavy atom. The van der Waals surface area contributed by atoms with Crippen molar-refractivity contribution in [1.29, 1.82) is 0 Å². The first-order valence-corrected chi connectivity index (χ1v) is 8.43. The van der Waals surface area contributed by atoms with Crippen molar-refractivity contribution < 1.29 is 21.6 Å². The number of rotatable bonds is 2. The molecule has 114 valence electrons. The van der Waals surface area contributed by atoms with Gasteiger partial charge in [-0.3, -0.25) is 0 Å². The lowest BCUT2D eigenvalue weighted by Crippen LogP contribution is -2.45. The van der Waals surface area contributed by atoms with Crippen LogP contribution in [0.1, 0.15) is 55.4 Å². The molecule has 6 nitrogen and oxygen atoms in total. The van der Waals surface area contributed by atoms with Crippen LogP contribution in [0.15, 0.2) is 0 Å². The summed E-state index contributed by atoms with van der Waals surface area (Å²) < 4.78 is 44.9. The average molecular weight is 312 g/mol. The Kier molecular flexibility index (Phi) is 6.21. The molecule has 0 heterocycles. The molecule has 0 N–H and O–H groups in total. The summed E-state index contributed by atoms with van der Waals surface area (Å²) in [4.78, 5) is 2.55. The van der Waals surface area contributed by atoms with Gasteiger partial charge in [0.15, 0.2) is 0 Å². The van der Waals surface area contributed by atoms with Gasteiger partial charge in [0.05, 0.1) is 9.49 Å². The van der Waals surface area contributed by atoms with Gasteiger partial charge in [-0.15, -0.1) is 4.79 Å². The van der Waals surface area contributed by atoms with E-state index in [-0.39, 0.29) is 13.8 Å². The van der Waals surface area contributed by atoms with Crippen LogP contribution in [0.2, 0.25) is 0 Å². The fourth-order valence-corrected chi connectivity index (χ4v) is 5.11. The molecule has 0 aromatic rings. The zero-order valence-corrected chi connectivity index (χ0v) is 13.2. The van der Waals surface area contributed by atoms with Gasteiger partial charge in [0.1, 0.15) is 0 Å². The molecular weight excluding hydrogens is 288 g/mol. The molecule has 8 heteroatoms. The summed E-state index contributed by atoms with van der Waals surface area (Å²) in [6, 6.07) is 0. The molecule has 0 aromatic heterocycles. The Morgan fingerprint density at radius 2 is 1.37 bits per heavy atom. The average Bonchev–Trinajstić information content (AvgIpc) is 2.15. The molecule has 0 saturated heterocycles. The van der Waals surface area contributed by atoms with Crippen molar-refractivity contribution in [3.63, 3.8) is 0 Å². The van der Waals surface area contributed by atoms with E-state index in [1.165, 1.54) is 34.6 Å². The van der Waals surface area contributed by atoms with Gasteiger partial charge in [-0.1, -0.05) is 14.4 Å². The second kappa shape index (κ2) is 5.73. The highest BCUT2D eigenvalue weighted by Gasteiger charge is 2.54. The normalized spacial score (nSPS) is 13.4. The molecule has 0 saturated carbocycles. The molecule has 0 radical (unpaired) electrons. The SMILES string of the molecule is C.CCC(C)(C)S(=O)(=O)C(=[N+]=[N-])S(=O)(=O)C(C)(C)C. The van der Waals surface area contributed by atoms with E-state index in [4.69, 9.17) is 5.53 Å². The molecule has 0 aliphatic rings. The van der Waals surface area contributed by atoms with E-state index in [9.17, 15) is 16.8 Å². The number of hydrogen-bond acceptors (Lipinski definition) is 4. The third-order valence-electron chi connectivity index (χ3n) is 2.93. The molecule has 0 rings (SSSR count). The molecule has 0 unspecified atom stereocenters. The van der Waals surface area contributed by atoms with Crippen LogP contribution in [-0.4, -0.2) is 35.5 Å². The van der Waals surface area contributed by atoms with E-state index in [1.54, 1.807) is 6.92 Å². The predicted octanol–water partition coefficient (Wildman–Crippen LogP) is 2.02. The number of sulfone groups is 2. The minimum atomic E-state index is -4.23. The van der Waals surface area contributed by atoms with E-state index >= 15 is 0 Å². The minimum Gasteiger partial charge on any atom is -0.359 e. The second-order valence-electron chi connectivity index (χ2n) is 5.60. The Bertz CT molecular complexity index is 575. The maximum atomic E-state index is 12.2. The zero-order chi connectivity index (χ0) is 15.0. The molecule has 0 atom stereocenters. The molecule has 0 aliphatic carbocycles. The lowest BCUT2D eigenvalue weighted by atomic mass is 10.1. The lowest BCUT2D eigenvalue weighted by Gasteiger charge is -2.22. The van der Waals surface area contributed by atoms with Crippen LogP contribution in [0, 0.1) is 0 Å². The third kappa shape index (κ3) is 3.43. The maximum Gasteiger partial charge on any atom is 0.496 e. The number of nitrogens with zero attached hydrogens (tertiary/aromatic N) is 2. The fraction of sp³-hybridized carbons (Fsp3) is 0.909. The number of hydrogen-bond donors (Lipinski definition) is 0. The van der Waals surface area contributed by atoms with Crippen molar-refractivity contribution in [3.8, 4) is 0 Å². The molecule has 0 bridgehead atoms. The Hall–Kier alpha value is -0.720. The van der Waals surface area contributed by atoms with Crippen LogP contribution in [-0.2, 0) is 19.7 Å². The highest BCUT2D eigenvalue weighted by Crippen LogP contribution is 2.27. The quantitative estimate of drug-likeness (QED) is 0.336. The summed E-state index contributed by atoms with van der Waals surface area (Å²) in [6.45, 7) is 8.46. The first-order chi connectivity index (χ1) is 7.75. The molecule has 0 fully saturated rings. The first kappa shape index (κ1) is 20.6. The van der Waals surface area contributed by atoms with Gasteiger partial charge in [-0.25, -0.2) is 16.8 Å². The van der Waals surface area contributed by atoms with Gasteiger partial charge in [0.25, 0.3) is 19.7 Å². The standard InChI is InChI=1S/C10H20N2O4S2.CH4/c1-7-10(5,6)18(15,16)8(12-11)17(13,14)9(2,3)4;/h7H2,1-6H3;1H4. The summed E-state index contributed by atoms with van der Waals surface area (Å²) in [5.74, 6) is 0. The van der Waals surface area contributed by atoms with Gasteiger partial charge in [0.2, 0.25) is 0 Å². The predicted molar refractivity (Wildman–Crippen MR) is 77.3 cm³/mol. The van der Waals surface area contributed by atoms with E-state index in [1.807, 2.05) is 0 Å². The molecule has 0 amide bonds. The van der Waals surface area contributed by atoms with E-state index in [0.717, 1.165) is 0 Å². The Balaban J connectivity index is 0. The molecule has 0 spiro atoms. The molecular formula is C11H24N2O4S2. The topological polar surface area (TPSA) is 105 Å². The lowest BCUT2D eigenvalue weighted by molar-refractivity contribution is 0.00350. The summed E-state index contributed by atoms with van der Waals surface area (Å²) in [5.41, 5.74) is 8.85. The molecule has 0 aliphatic heterocycles. The second-order valence-corrected chi connectivity index (χ2v) is 11.0. The summed E-state index contributed by atoms with van der Waals surface area (Å²) in [5, 5.41) is 0. The fourth-order valence-electron chi connectivity index (χ4n) is 0.940. The van der Waals surface area contributed by atoms with Gasteiger partial charge < -0.3 is 5.53 Å². The van der Waals surface area contributed by atoms with E-state index in [2.05, 4.69) is 4.79 Å². The van der Waals surface area contributed by atoms with Crippen molar-refractivity contribution in [3.05, 3.63) is 5.53 Å². The van der Waals surface area contributed by atoms with Crippen molar-refractivity contribution in [1.82, 2.24) is 0 Å². The van der Waals surface area contributed by atoms with Crippen molar-refractivity contribution in [2.75, 3.05) is 0 Å². The highest BCUT2D eigenvalue weighted by molar-refractivity contribution is 8.31. The summed E-state index contributed by atoms with van der Waals surface area (Å²) in [6.07, 6.45) is 0.202. The summed E-state index contributed by atoms with van der Waals surface area (Å²) >= 11 is 0. The van der Waals surface area contributed by atoms with Crippen molar-refractivity contribution >= 4 is 24.1 Å². The summed E-state index contributed by atoms with van der Waals surface area (Å²) in [7, 11) is -8.46. The minimum absolute atomic E-state index is 0. The zero-order valence-electron chi connectivity index (χ0n) is 11.6. The van der Waals surface area contributed by atoms with E-state index in [0.29, 0.717) is 0 Å². The van der Waals surface area contributed by atoms with Crippen molar-refractivity contribution in [2.45, 2.75) is 64.9 Å². The van der Waals surface area contributed by atoms with Gasteiger partial charge >= 0.3 is 4.38 Å². The highest BCUT2D eigenvalue weighted by atomic mass is 32.3. The Labute approximate surface area is 116 Å². The Morgan fingerprint density at radius 3 is 1.58 bits per heavy atom. The van der Waals surface area contributed by atoms with Gasteiger partial charge in [0, 0.05) is 0 Å². The largest absolute Gasteiger partial charge is 0.496 e. The molecule has 19 heavy (non-hydrogen) atoms. The van der Waals surface area contributed by atoms with Crippen LogP contribution in [0.25, 0.3) is 5.53 Å². The van der Waals surface area contributed by atoms with Crippen molar-refractivity contribution in [2.24, 2.45) is 0 Å². The van der Waals surface area contributed by atoms with Crippen LogP contribution in [0.5, 0.6) is 0 Å². The van der Waals surface area contributed by atoms with Crippen LogP contribution in [0.3, 0.4) is 0 Å². The smallest absolute Gasteiger partial charge is 0.359 e. The molecule has 0 aromatic carbocycles. The van der Waals surface area contributed by atoms with Gasteiger partial charge in [-0.05, 0) is 41.0 Å². The van der Waals surface area contributed by atoms with Crippen LogP contribution >= 0.6 is 0 Å². The monoisotopic (exact) mass is 312 g/mol. The third-order valence-corrected chi connectivity index (χ3v) is 8.68. The maximum absolute atomic E-state index is 12.2. The first-order valence-electron chi connectivity index (χ1n) is 5.47.